The summed E-state index contributed by atoms with van der Waals surface area (Å²) >= 11 is 11.2. The molecule has 0 spiro atoms. The smallest absolute Gasteiger partial charge is 0.188 e. The van der Waals surface area contributed by atoms with Crippen LogP contribution in [-0.4, -0.2) is 9.97 Å². The van der Waals surface area contributed by atoms with E-state index in [4.69, 9.17) is 11.6 Å². The van der Waals surface area contributed by atoms with Gasteiger partial charge in [0.25, 0.3) is 0 Å². The standard InChI is InChI=1S/C21H16ClN3S3.ClH/c1-14-13-26-21(24-14)25-20-19(28-18-10-6-5-9-17(18)22)11-16(12-23-20)27-15-7-3-2-4-8-15;/h2-13H,1H3,(H,23,24,25);1H. The molecule has 0 bridgehead atoms. The van der Waals surface area contributed by atoms with Gasteiger partial charge in [0.05, 0.1) is 15.6 Å². The van der Waals surface area contributed by atoms with Gasteiger partial charge in [-0.2, -0.15) is 0 Å². The predicted molar refractivity (Wildman–Crippen MR) is 128 cm³/mol. The lowest BCUT2D eigenvalue weighted by Crippen LogP contribution is -1.96. The Morgan fingerprint density at radius 1 is 0.931 bits per heavy atom. The van der Waals surface area contributed by atoms with E-state index in [2.05, 4.69) is 33.5 Å². The van der Waals surface area contributed by atoms with Crippen LogP contribution in [0.2, 0.25) is 5.02 Å². The number of thiazole rings is 1. The van der Waals surface area contributed by atoms with E-state index in [1.54, 1.807) is 34.9 Å². The van der Waals surface area contributed by atoms with E-state index < -0.39 is 0 Å². The van der Waals surface area contributed by atoms with E-state index in [0.717, 1.165) is 36.4 Å². The highest BCUT2D eigenvalue weighted by atomic mass is 35.5. The first kappa shape index (κ1) is 22.0. The first-order valence-electron chi connectivity index (χ1n) is 8.52. The van der Waals surface area contributed by atoms with Crippen LogP contribution in [0, 0.1) is 6.92 Å². The second-order valence-corrected chi connectivity index (χ2v) is 9.38. The van der Waals surface area contributed by atoms with Gasteiger partial charge < -0.3 is 5.32 Å². The van der Waals surface area contributed by atoms with Crippen LogP contribution in [0.5, 0.6) is 0 Å². The molecule has 0 saturated carbocycles. The monoisotopic (exact) mass is 477 g/mol. The van der Waals surface area contributed by atoms with Gasteiger partial charge in [0.15, 0.2) is 5.13 Å². The summed E-state index contributed by atoms with van der Waals surface area (Å²) in [6.07, 6.45) is 1.89. The van der Waals surface area contributed by atoms with Crippen LogP contribution in [0.4, 0.5) is 10.9 Å². The molecular weight excluding hydrogens is 461 g/mol. The van der Waals surface area contributed by atoms with E-state index in [1.807, 2.05) is 61.0 Å². The highest BCUT2D eigenvalue weighted by molar-refractivity contribution is 8.00. The summed E-state index contributed by atoms with van der Waals surface area (Å²) in [6, 6.07) is 20.3. The van der Waals surface area contributed by atoms with Crippen molar-refractivity contribution in [3.63, 3.8) is 0 Å². The molecule has 29 heavy (non-hydrogen) atoms. The molecule has 0 unspecified atom stereocenters. The Morgan fingerprint density at radius 3 is 2.41 bits per heavy atom. The Morgan fingerprint density at radius 2 is 1.69 bits per heavy atom. The fourth-order valence-corrected chi connectivity index (χ4v) is 5.23. The maximum Gasteiger partial charge on any atom is 0.188 e. The number of pyridine rings is 1. The zero-order chi connectivity index (χ0) is 19.3. The molecule has 148 valence electrons. The van der Waals surface area contributed by atoms with Gasteiger partial charge in [-0.3, -0.25) is 0 Å². The Hall–Kier alpha value is -1.70. The zero-order valence-electron chi connectivity index (χ0n) is 15.3. The van der Waals surface area contributed by atoms with E-state index in [9.17, 15) is 0 Å². The molecule has 4 aromatic rings. The molecule has 8 heteroatoms. The number of benzene rings is 2. The van der Waals surface area contributed by atoms with Crippen molar-refractivity contribution in [3.8, 4) is 0 Å². The topological polar surface area (TPSA) is 37.8 Å². The Balaban J connectivity index is 0.00000240. The number of hydrogen-bond acceptors (Lipinski definition) is 6. The molecule has 2 heterocycles. The maximum atomic E-state index is 6.38. The quantitative estimate of drug-likeness (QED) is 0.304. The van der Waals surface area contributed by atoms with Crippen LogP contribution in [0.3, 0.4) is 0 Å². The second kappa shape index (κ2) is 10.4. The summed E-state index contributed by atoms with van der Waals surface area (Å²) in [5.41, 5.74) is 0.990. The number of anilines is 2. The molecule has 0 saturated heterocycles. The highest BCUT2D eigenvalue weighted by Crippen LogP contribution is 2.40. The fourth-order valence-electron chi connectivity index (χ4n) is 2.44. The summed E-state index contributed by atoms with van der Waals surface area (Å²) in [6.45, 7) is 1.98. The fraction of sp³-hybridized carbons (Fsp3) is 0.0476. The zero-order valence-corrected chi connectivity index (χ0v) is 19.4. The Bertz CT molecular complexity index is 1090. The number of hydrogen-bond donors (Lipinski definition) is 1. The first-order valence-corrected chi connectivity index (χ1v) is 11.4. The van der Waals surface area contributed by atoms with E-state index in [-0.39, 0.29) is 12.4 Å². The molecule has 0 radical (unpaired) electrons. The van der Waals surface area contributed by atoms with Gasteiger partial charge in [0.2, 0.25) is 0 Å². The second-order valence-electron chi connectivity index (χ2n) is 5.88. The highest BCUT2D eigenvalue weighted by Gasteiger charge is 2.12. The van der Waals surface area contributed by atoms with Crippen LogP contribution in [0.1, 0.15) is 5.69 Å². The summed E-state index contributed by atoms with van der Waals surface area (Å²) in [4.78, 5) is 13.4. The lowest BCUT2D eigenvalue weighted by atomic mass is 10.4. The van der Waals surface area contributed by atoms with Gasteiger partial charge in [-0.05, 0) is 37.3 Å². The number of nitrogens with one attached hydrogen (secondary N) is 1. The van der Waals surface area contributed by atoms with Crippen molar-refractivity contribution in [2.45, 2.75) is 26.5 Å². The number of nitrogens with zero attached hydrogens (tertiary/aromatic N) is 2. The van der Waals surface area contributed by atoms with E-state index >= 15 is 0 Å². The largest absolute Gasteiger partial charge is 0.315 e. The van der Waals surface area contributed by atoms with Crippen molar-refractivity contribution in [2.75, 3.05) is 5.32 Å². The Labute approximate surface area is 193 Å². The van der Waals surface area contributed by atoms with Gasteiger partial charge in [-0.25, -0.2) is 9.97 Å². The van der Waals surface area contributed by atoms with Crippen LogP contribution < -0.4 is 5.32 Å². The third-order valence-corrected chi connectivity index (χ3v) is 7.10. The van der Waals surface area contributed by atoms with Crippen molar-refractivity contribution >= 4 is 69.8 Å². The van der Waals surface area contributed by atoms with Gasteiger partial charge >= 0.3 is 0 Å². The van der Waals surface area contributed by atoms with Crippen LogP contribution in [0.15, 0.2) is 91.8 Å². The molecule has 0 amide bonds. The van der Waals surface area contributed by atoms with Gasteiger partial charge in [-0.15, -0.1) is 23.7 Å². The minimum absolute atomic E-state index is 0. The van der Waals surface area contributed by atoms with Gasteiger partial charge in [-0.1, -0.05) is 65.5 Å². The van der Waals surface area contributed by atoms with Gasteiger partial charge in [0, 0.05) is 26.3 Å². The number of aromatic nitrogens is 2. The number of aryl methyl sites for hydroxylation is 1. The third kappa shape index (κ3) is 5.90. The minimum atomic E-state index is 0. The molecular formula is C21H17Cl2N3S3. The summed E-state index contributed by atoms with van der Waals surface area (Å²) in [5, 5.41) is 6.92. The van der Waals surface area contributed by atoms with Crippen molar-refractivity contribution in [1.29, 1.82) is 0 Å². The first-order chi connectivity index (χ1) is 13.7. The molecule has 3 nitrogen and oxygen atoms in total. The van der Waals surface area contributed by atoms with E-state index in [0.29, 0.717) is 0 Å². The summed E-state index contributed by atoms with van der Waals surface area (Å²) in [5.74, 6) is 0.775. The lowest BCUT2D eigenvalue weighted by Gasteiger charge is -2.12. The van der Waals surface area contributed by atoms with Crippen molar-refractivity contribution in [1.82, 2.24) is 9.97 Å². The SMILES string of the molecule is Cc1csc(Nc2ncc(Sc3ccccc3)cc2Sc2ccccc2Cl)n1.Cl. The molecule has 4 rings (SSSR count). The lowest BCUT2D eigenvalue weighted by molar-refractivity contribution is 1.14. The Kier molecular flexibility index (Phi) is 7.86. The van der Waals surface area contributed by atoms with Crippen LogP contribution in [0.25, 0.3) is 0 Å². The third-order valence-electron chi connectivity index (χ3n) is 3.71. The average Bonchev–Trinajstić information content (AvgIpc) is 3.11. The molecule has 2 aromatic heterocycles. The maximum absolute atomic E-state index is 6.38. The molecule has 0 aliphatic carbocycles. The summed E-state index contributed by atoms with van der Waals surface area (Å²) < 4.78 is 0. The predicted octanol–water partition coefficient (Wildman–Crippen LogP) is 7.97. The molecule has 2 aromatic carbocycles. The van der Waals surface area contributed by atoms with Crippen molar-refractivity contribution in [2.24, 2.45) is 0 Å². The molecule has 0 atom stereocenters. The minimum Gasteiger partial charge on any atom is -0.315 e. The normalized spacial score (nSPS) is 10.4. The van der Waals surface area contributed by atoms with Crippen molar-refractivity contribution < 1.29 is 0 Å². The van der Waals surface area contributed by atoms with Crippen molar-refractivity contribution in [3.05, 3.63) is 83.0 Å². The molecule has 0 aliphatic heterocycles. The van der Waals surface area contributed by atoms with E-state index in [1.165, 1.54) is 4.90 Å². The molecule has 0 fully saturated rings. The van der Waals surface area contributed by atoms with Gasteiger partial charge in [0.1, 0.15) is 5.82 Å². The van der Waals surface area contributed by atoms with Crippen LogP contribution in [-0.2, 0) is 0 Å². The van der Waals surface area contributed by atoms with Crippen LogP contribution >= 0.6 is 58.9 Å². The summed E-state index contributed by atoms with van der Waals surface area (Å²) in [7, 11) is 0. The molecule has 1 N–H and O–H groups in total. The number of halogens is 2. The number of rotatable bonds is 6. The molecule has 0 aliphatic rings. The average molecular weight is 478 g/mol.